The van der Waals surface area contributed by atoms with Crippen molar-refractivity contribution in [3.8, 4) is 0 Å². The first-order valence-corrected chi connectivity index (χ1v) is 13.2. The maximum absolute atomic E-state index is 11.9. The Hall–Kier alpha value is -1.57. The fourth-order valence-corrected chi connectivity index (χ4v) is 3.84. The average Bonchev–Trinajstić information content (AvgIpc) is 2.76. The molecular weight excluding hydrogens is 480 g/mol. The molecule has 0 aliphatic heterocycles. The van der Waals surface area contributed by atoms with E-state index in [2.05, 4.69) is 15.9 Å². The predicted molar refractivity (Wildman–Crippen MR) is 130 cm³/mol. The lowest BCUT2D eigenvalue weighted by Gasteiger charge is -2.06. The van der Waals surface area contributed by atoms with E-state index in [0.717, 1.165) is 74.8 Å². The number of carbonyl (C=O) groups is 2. The van der Waals surface area contributed by atoms with Crippen LogP contribution in [0.4, 0.5) is 0 Å². The second kappa shape index (κ2) is 20.3. The van der Waals surface area contributed by atoms with Crippen molar-refractivity contribution in [2.45, 2.75) is 69.6 Å². The number of hydrogen-bond donors (Lipinski definition) is 0. The second-order valence-electron chi connectivity index (χ2n) is 6.96. The van der Waals surface area contributed by atoms with Crippen LogP contribution in [0, 0.1) is 6.92 Å². The van der Waals surface area contributed by atoms with Gasteiger partial charge in [0.05, 0.1) is 11.5 Å². The van der Waals surface area contributed by atoms with Crippen LogP contribution in [-0.2, 0) is 23.9 Å². The van der Waals surface area contributed by atoms with Gasteiger partial charge < -0.3 is 0 Å². The lowest BCUT2D eigenvalue weighted by atomic mass is 10.1. The molecular formula is C24H35BrO5S. The molecule has 0 heterocycles. The largest absolute Gasteiger partial charge is 0.299 e. The van der Waals surface area contributed by atoms with Crippen LogP contribution in [0.15, 0.2) is 53.5 Å². The summed E-state index contributed by atoms with van der Waals surface area (Å²) in [5.74, 6) is 0. The quantitative estimate of drug-likeness (QED) is 0.0874. The van der Waals surface area contributed by atoms with Gasteiger partial charge in [-0.15, -0.1) is 0 Å². The van der Waals surface area contributed by atoms with Gasteiger partial charge in [0.2, 0.25) is 0 Å². The van der Waals surface area contributed by atoms with E-state index in [1.165, 1.54) is 12.5 Å². The molecule has 174 valence electrons. The number of carbonyl (C=O) groups excluding carboxylic acids is 2. The van der Waals surface area contributed by atoms with E-state index in [4.69, 9.17) is 4.18 Å². The van der Waals surface area contributed by atoms with Gasteiger partial charge in [-0.25, -0.2) is 0 Å². The number of aldehydes is 2. The highest BCUT2D eigenvalue weighted by Crippen LogP contribution is 2.14. The molecule has 1 aromatic carbocycles. The first-order chi connectivity index (χ1) is 15.0. The van der Waals surface area contributed by atoms with Crippen LogP contribution >= 0.6 is 15.9 Å². The van der Waals surface area contributed by atoms with Gasteiger partial charge >= 0.3 is 0 Å². The molecule has 5 nitrogen and oxygen atoms in total. The Morgan fingerprint density at radius 2 is 1.32 bits per heavy atom. The minimum atomic E-state index is -3.63. The van der Waals surface area contributed by atoms with Crippen LogP contribution in [0.1, 0.15) is 63.4 Å². The van der Waals surface area contributed by atoms with Crippen LogP contribution in [-0.4, -0.2) is 32.9 Å². The third-order valence-electron chi connectivity index (χ3n) is 4.25. The maximum atomic E-state index is 11.9. The third-order valence-corrected chi connectivity index (χ3v) is 6.13. The molecule has 0 spiro atoms. The molecule has 0 radical (unpaired) electrons. The van der Waals surface area contributed by atoms with Gasteiger partial charge in [-0.2, -0.15) is 8.42 Å². The summed E-state index contributed by atoms with van der Waals surface area (Å²) in [6, 6.07) is 6.65. The summed E-state index contributed by atoms with van der Waals surface area (Å²) in [6.45, 7) is 2.13. The SMILES string of the molecule is Cc1ccc(S(=O)(=O)OCCCCCCC/C=C\C=O)cc1.O=C/C=C\CCCCBr. The number of benzene rings is 1. The number of halogens is 1. The molecule has 0 saturated carbocycles. The van der Waals surface area contributed by atoms with E-state index in [9.17, 15) is 18.0 Å². The van der Waals surface area contributed by atoms with E-state index in [0.29, 0.717) is 0 Å². The predicted octanol–water partition coefficient (Wildman–Crippen LogP) is 6.10. The Labute approximate surface area is 196 Å². The molecule has 0 aromatic heterocycles. The van der Waals surface area contributed by atoms with Gasteiger partial charge in [0, 0.05) is 5.33 Å². The molecule has 1 rings (SSSR count). The summed E-state index contributed by atoms with van der Waals surface area (Å²) in [5.41, 5.74) is 1.02. The molecule has 0 bridgehead atoms. The van der Waals surface area contributed by atoms with Crippen LogP contribution in [0.2, 0.25) is 0 Å². The molecule has 0 N–H and O–H groups in total. The van der Waals surface area contributed by atoms with E-state index < -0.39 is 10.1 Å². The van der Waals surface area contributed by atoms with Gasteiger partial charge in [-0.1, -0.05) is 65.0 Å². The number of unbranched alkanes of at least 4 members (excludes halogenated alkanes) is 7. The number of aryl methyl sites for hydroxylation is 1. The van der Waals surface area contributed by atoms with Gasteiger partial charge in [0.25, 0.3) is 10.1 Å². The fourth-order valence-electron chi connectivity index (χ4n) is 2.50. The summed E-state index contributed by atoms with van der Waals surface area (Å²) >= 11 is 3.32. The van der Waals surface area contributed by atoms with Crippen LogP contribution in [0.5, 0.6) is 0 Å². The highest BCUT2D eigenvalue weighted by Gasteiger charge is 2.14. The van der Waals surface area contributed by atoms with E-state index in [1.54, 1.807) is 30.3 Å². The Kier molecular flexibility index (Phi) is 19.3. The number of hydrogen-bond acceptors (Lipinski definition) is 5. The molecule has 7 heteroatoms. The summed E-state index contributed by atoms with van der Waals surface area (Å²) in [6.07, 6.45) is 17.6. The molecule has 0 saturated heterocycles. The Balaban J connectivity index is 0.000000842. The smallest absolute Gasteiger partial charge is 0.296 e. The monoisotopic (exact) mass is 514 g/mol. The molecule has 0 amide bonds. The minimum absolute atomic E-state index is 0.208. The first-order valence-electron chi connectivity index (χ1n) is 10.7. The zero-order chi connectivity index (χ0) is 23.2. The average molecular weight is 516 g/mol. The summed E-state index contributed by atoms with van der Waals surface area (Å²) in [4.78, 5) is 20.0. The lowest BCUT2D eigenvalue weighted by molar-refractivity contribution is -0.104. The van der Waals surface area contributed by atoms with Crippen molar-refractivity contribution < 1.29 is 22.2 Å². The van der Waals surface area contributed by atoms with E-state index >= 15 is 0 Å². The molecule has 31 heavy (non-hydrogen) atoms. The second-order valence-corrected chi connectivity index (χ2v) is 9.37. The molecule has 0 aliphatic rings. The van der Waals surface area contributed by atoms with Crippen molar-refractivity contribution in [3.63, 3.8) is 0 Å². The van der Waals surface area contributed by atoms with Crippen molar-refractivity contribution in [1.82, 2.24) is 0 Å². The van der Waals surface area contributed by atoms with Crippen molar-refractivity contribution in [3.05, 3.63) is 54.1 Å². The van der Waals surface area contributed by atoms with Crippen LogP contribution in [0.25, 0.3) is 0 Å². The molecule has 1 aromatic rings. The standard InChI is InChI=1S/C17H24O4S.C7H11BrO/c1-16-10-12-17(13-11-16)22(19,20)21-15-9-7-5-3-2-4-6-8-14-18;8-6-4-2-1-3-5-7-9/h6,8,10-14H,2-5,7,9,15H2,1H3;3,5,7H,1-2,4,6H2/b8-6-;5-3-. The van der Waals surface area contributed by atoms with Crippen molar-refractivity contribution in [1.29, 1.82) is 0 Å². The minimum Gasteiger partial charge on any atom is -0.299 e. The number of alkyl halides is 1. The summed E-state index contributed by atoms with van der Waals surface area (Å²) in [7, 11) is -3.63. The molecule has 0 atom stereocenters. The highest BCUT2D eigenvalue weighted by atomic mass is 79.9. The maximum Gasteiger partial charge on any atom is 0.296 e. The van der Waals surface area contributed by atoms with Crippen LogP contribution in [0.3, 0.4) is 0 Å². The normalized spacial score (nSPS) is 11.4. The van der Waals surface area contributed by atoms with Crippen molar-refractivity contribution >= 4 is 38.6 Å². The topological polar surface area (TPSA) is 77.5 Å². The summed E-state index contributed by atoms with van der Waals surface area (Å²) in [5, 5.41) is 1.06. The Morgan fingerprint density at radius 3 is 1.87 bits per heavy atom. The first kappa shape index (κ1) is 29.4. The zero-order valence-corrected chi connectivity index (χ0v) is 20.8. The van der Waals surface area contributed by atoms with Crippen molar-refractivity contribution in [2.75, 3.05) is 11.9 Å². The fraction of sp³-hybridized carbons (Fsp3) is 0.500. The van der Waals surface area contributed by atoms with Gasteiger partial charge in [0.15, 0.2) is 0 Å². The van der Waals surface area contributed by atoms with Gasteiger partial charge in [-0.3, -0.25) is 13.8 Å². The molecule has 0 fully saturated rings. The van der Waals surface area contributed by atoms with E-state index in [-0.39, 0.29) is 11.5 Å². The Morgan fingerprint density at radius 1 is 0.806 bits per heavy atom. The lowest BCUT2D eigenvalue weighted by Crippen LogP contribution is -2.07. The Bertz CT molecular complexity index is 740. The van der Waals surface area contributed by atoms with Crippen molar-refractivity contribution in [2.24, 2.45) is 0 Å². The number of rotatable bonds is 16. The van der Waals surface area contributed by atoms with Crippen LogP contribution < -0.4 is 0 Å². The number of allylic oxidation sites excluding steroid dienone is 4. The zero-order valence-electron chi connectivity index (χ0n) is 18.4. The van der Waals surface area contributed by atoms with E-state index in [1.807, 2.05) is 19.1 Å². The molecule has 0 aliphatic carbocycles. The third kappa shape index (κ3) is 17.8. The summed E-state index contributed by atoms with van der Waals surface area (Å²) < 4.78 is 28.9. The van der Waals surface area contributed by atoms with Gasteiger partial charge in [-0.05, 0) is 69.7 Å². The molecule has 0 unspecified atom stereocenters. The highest BCUT2D eigenvalue weighted by molar-refractivity contribution is 9.09. The van der Waals surface area contributed by atoms with Gasteiger partial charge in [0.1, 0.15) is 12.6 Å².